The van der Waals surface area contributed by atoms with Crippen LogP contribution in [0.15, 0.2) is 0 Å². The smallest absolute Gasteiger partial charge is 0.407 e. The highest BCUT2D eigenvalue weighted by atomic mass is 16.6. The first-order chi connectivity index (χ1) is 10.2. The van der Waals surface area contributed by atoms with Gasteiger partial charge in [0.25, 0.3) is 0 Å². The van der Waals surface area contributed by atoms with Gasteiger partial charge in [-0.1, -0.05) is 12.8 Å². The zero-order valence-electron chi connectivity index (χ0n) is 13.7. The summed E-state index contributed by atoms with van der Waals surface area (Å²) < 4.78 is 5.22. The van der Waals surface area contributed by atoms with Crippen molar-refractivity contribution in [3.8, 4) is 0 Å². The number of primary amides is 1. The molecule has 0 aliphatic heterocycles. The van der Waals surface area contributed by atoms with E-state index >= 15 is 0 Å². The number of amides is 2. The largest absolute Gasteiger partial charge is 0.444 e. The molecule has 5 N–H and O–H groups in total. The molecular weight excluding hydrogens is 286 g/mol. The molecule has 0 saturated heterocycles. The third-order valence-corrected chi connectivity index (χ3v) is 3.72. The van der Waals surface area contributed by atoms with Crippen LogP contribution >= 0.6 is 0 Å². The van der Waals surface area contributed by atoms with E-state index in [-0.39, 0.29) is 18.5 Å². The lowest BCUT2D eigenvalue weighted by molar-refractivity contribution is -0.125. The molecule has 3 unspecified atom stereocenters. The number of alkyl carbamates (subject to hydrolysis) is 1. The van der Waals surface area contributed by atoms with Crippen molar-refractivity contribution in [2.24, 2.45) is 11.7 Å². The number of nitrogens with one attached hydrogen (secondary N) is 2. The molecule has 0 aromatic rings. The number of aliphatic hydroxyl groups excluding tert-OH is 1. The van der Waals surface area contributed by atoms with Crippen LogP contribution in [0.2, 0.25) is 0 Å². The maximum Gasteiger partial charge on any atom is 0.407 e. The average molecular weight is 315 g/mol. The van der Waals surface area contributed by atoms with Gasteiger partial charge in [-0.3, -0.25) is 4.79 Å². The van der Waals surface area contributed by atoms with Gasteiger partial charge in [0.15, 0.2) is 0 Å². The monoisotopic (exact) mass is 315 g/mol. The second-order valence-electron chi connectivity index (χ2n) is 6.86. The van der Waals surface area contributed by atoms with Crippen LogP contribution in [0.5, 0.6) is 0 Å². The van der Waals surface area contributed by atoms with Crippen LogP contribution in [0.4, 0.5) is 4.79 Å². The first kappa shape index (κ1) is 18.7. The molecule has 7 nitrogen and oxygen atoms in total. The second kappa shape index (κ2) is 8.33. The number of carbonyl (C=O) groups excluding carboxylic acids is 2. The lowest BCUT2D eigenvalue weighted by Gasteiger charge is -2.33. The van der Waals surface area contributed by atoms with E-state index in [4.69, 9.17) is 10.5 Å². The fourth-order valence-corrected chi connectivity index (χ4v) is 2.61. The van der Waals surface area contributed by atoms with Crippen molar-refractivity contribution in [3.63, 3.8) is 0 Å². The maximum atomic E-state index is 11.7. The molecule has 3 atom stereocenters. The van der Waals surface area contributed by atoms with Gasteiger partial charge in [0.1, 0.15) is 11.7 Å². The van der Waals surface area contributed by atoms with Gasteiger partial charge in [-0.15, -0.1) is 0 Å². The number of hydrogen-bond donors (Lipinski definition) is 4. The van der Waals surface area contributed by atoms with E-state index in [2.05, 4.69) is 10.6 Å². The van der Waals surface area contributed by atoms with Gasteiger partial charge in [0, 0.05) is 19.1 Å². The van der Waals surface area contributed by atoms with Crippen LogP contribution in [0.3, 0.4) is 0 Å². The van der Waals surface area contributed by atoms with E-state index in [0.29, 0.717) is 6.54 Å². The SMILES string of the molecule is CC(C)(C)OC(=O)NCC1CCCCC1NCC(O)C(N)=O. The van der Waals surface area contributed by atoms with Crippen LogP contribution < -0.4 is 16.4 Å². The lowest BCUT2D eigenvalue weighted by atomic mass is 9.84. The maximum absolute atomic E-state index is 11.7. The molecule has 1 saturated carbocycles. The fraction of sp³-hybridized carbons (Fsp3) is 0.867. The summed E-state index contributed by atoms with van der Waals surface area (Å²) in [5.41, 5.74) is 4.53. The molecule has 1 aliphatic rings. The minimum absolute atomic E-state index is 0.142. The Bertz CT molecular complexity index is 381. The molecule has 1 aliphatic carbocycles. The molecule has 0 bridgehead atoms. The molecule has 0 aromatic heterocycles. The van der Waals surface area contributed by atoms with Gasteiger partial charge in [-0.05, 0) is 39.5 Å². The predicted octanol–water partition coefficient (Wildman–Crippen LogP) is 0.506. The van der Waals surface area contributed by atoms with Crippen LogP contribution in [0.1, 0.15) is 46.5 Å². The number of hydrogen-bond acceptors (Lipinski definition) is 5. The summed E-state index contributed by atoms with van der Waals surface area (Å²) in [6.07, 6.45) is 2.53. The molecule has 1 fully saturated rings. The predicted molar refractivity (Wildman–Crippen MR) is 83.2 cm³/mol. The van der Waals surface area contributed by atoms with Gasteiger partial charge in [0.2, 0.25) is 5.91 Å². The first-order valence-corrected chi connectivity index (χ1v) is 7.86. The van der Waals surface area contributed by atoms with Crippen molar-refractivity contribution in [1.82, 2.24) is 10.6 Å². The van der Waals surface area contributed by atoms with E-state index in [0.717, 1.165) is 25.7 Å². The zero-order chi connectivity index (χ0) is 16.8. The number of ether oxygens (including phenoxy) is 1. The fourth-order valence-electron chi connectivity index (χ4n) is 2.61. The van der Waals surface area contributed by atoms with E-state index in [1.54, 1.807) is 0 Å². The van der Waals surface area contributed by atoms with Crippen molar-refractivity contribution >= 4 is 12.0 Å². The van der Waals surface area contributed by atoms with Gasteiger partial charge in [0.05, 0.1) is 0 Å². The van der Waals surface area contributed by atoms with Crippen LogP contribution in [-0.4, -0.2) is 47.9 Å². The summed E-state index contributed by atoms with van der Waals surface area (Å²) in [4.78, 5) is 22.6. The molecule has 0 radical (unpaired) electrons. The van der Waals surface area contributed by atoms with Gasteiger partial charge in [-0.2, -0.15) is 0 Å². The van der Waals surface area contributed by atoms with Crippen molar-refractivity contribution in [2.45, 2.75) is 64.2 Å². The Morgan fingerprint density at radius 2 is 1.95 bits per heavy atom. The first-order valence-electron chi connectivity index (χ1n) is 7.86. The minimum Gasteiger partial charge on any atom is -0.444 e. The zero-order valence-corrected chi connectivity index (χ0v) is 13.7. The van der Waals surface area contributed by atoms with Crippen LogP contribution in [0, 0.1) is 5.92 Å². The quantitative estimate of drug-likeness (QED) is 0.570. The summed E-state index contributed by atoms with van der Waals surface area (Å²) in [6.45, 7) is 6.12. The van der Waals surface area contributed by atoms with Gasteiger partial charge in [-0.25, -0.2) is 4.79 Å². The molecule has 0 heterocycles. The highest BCUT2D eigenvalue weighted by molar-refractivity contribution is 5.78. The Hall–Kier alpha value is -1.34. The number of carbonyl (C=O) groups is 2. The Balaban J connectivity index is 2.41. The summed E-state index contributed by atoms with van der Waals surface area (Å²) >= 11 is 0. The lowest BCUT2D eigenvalue weighted by Crippen LogP contribution is -2.48. The normalized spacial score (nSPS) is 23.6. The summed E-state index contributed by atoms with van der Waals surface area (Å²) in [6, 6.07) is 0.151. The van der Waals surface area contributed by atoms with E-state index in [9.17, 15) is 14.7 Å². The van der Waals surface area contributed by atoms with Crippen molar-refractivity contribution in [3.05, 3.63) is 0 Å². The second-order valence-corrected chi connectivity index (χ2v) is 6.86. The van der Waals surface area contributed by atoms with Crippen LogP contribution in [-0.2, 0) is 9.53 Å². The topological polar surface area (TPSA) is 114 Å². The number of aliphatic hydroxyl groups is 1. The summed E-state index contributed by atoms with van der Waals surface area (Å²) in [5.74, 6) is -0.479. The average Bonchev–Trinajstić information content (AvgIpc) is 2.41. The van der Waals surface area contributed by atoms with E-state index < -0.39 is 23.7 Å². The van der Waals surface area contributed by atoms with Gasteiger partial charge >= 0.3 is 6.09 Å². The standard InChI is InChI=1S/C15H29N3O4/c1-15(2,3)22-14(21)18-8-10-6-4-5-7-11(10)17-9-12(19)13(16)20/h10-12,17,19H,4-9H2,1-3H3,(H2,16,20)(H,18,21). The molecule has 2 amide bonds. The van der Waals surface area contributed by atoms with E-state index in [1.807, 2.05) is 20.8 Å². The molecule has 128 valence electrons. The molecule has 0 aromatic carbocycles. The Labute approximate surface area is 132 Å². The Morgan fingerprint density at radius 1 is 1.32 bits per heavy atom. The highest BCUT2D eigenvalue weighted by Crippen LogP contribution is 2.24. The Morgan fingerprint density at radius 3 is 2.55 bits per heavy atom. The summed E-state index contributed by atoms with van der Waals surface area (Å²) in [7, 11) is 0. The van der Waals surface area contributed by atoms with Crippen LogP contribution in [0.25, 0.3) is 0 Å². The molecule has 7 heteroatoms. The minimum atomic E-state index is -1.18. The third kappa shape index (κ3) is 7.09. The Kier molecular flexibility index (Phi) is 7.09. The van der Waals surface area contributed by atoms with Crippen molar-refractivity contribution < 1.29 is 19.4 Å². The number of rotatable bonds is 6. The highest BCUT2D eigenvalue weighted by Gasteiger charge is 2.27. The summed E-state index contributed by atoms with van der Waals surface area (Å²) in [5, 5.41) is 15.4. The third-order valence-electron chi connectivity index (χ3n) is 3.72. The number of nitrogens with two attached hydrogens (primary N) is 1. The molecule has 22 heavy (non-hydrogen) atoms. The van der Waals surface area contributed by atoms with E-state index in [1.165, 1.54) is 0 Å². The molecule has 1 rings (SSSR count). The molecule has 0 spiro atoms. The van der Waals surface area contributed by atoms with Gasteiger partial charge < -0.3 is 26.2 Å². The molecular formula is C15H29N3O4. The van der Waals surface area contributed by atoms with Crippen molar-refractivity contribution in [2.75, 3.05) is 13.1 Å². The van der Waals surface area contributed by atoms with Crippen molar-refractivity contribution in [1.29, 1.82) is 0 Å².